The molecular formula is C21H29NO5. The van der Waals surface area contributed by atoms with Crippen LogP contribution in [0, 0.1) is 5.92 Å². The molecule has 0 spiro atoms. The molecule has 3 rings (SSSR count). The Balaban J connectivity index is 1.66. The predicted octanol–water partition coefficient (Wildman–Crippen LogP) is 3.57. The Morgan fingerprint density at radius 2 is 1.85 bits per heavy atom. The predicted molar refractivity (Wildman–Crippen MR) is 102 cm³/mol. The molecule has 0 atom stereocenters. The maximum absolute atomic E-state index is 12.3. The summed E-state index contributed by atoms with van der Waals surface area (Å²) >= 11 is 0. The molecule has 0 saturated heterocycles. The molecule has 0 aromatic heterocycles. The lowest BCUT2D eigenvalue weighted by molar-refractivity contribution is -0.161. The summed E-state index contributed by atoms with van der Waals surface area (Å²) in [5.74, 6) is 0.267. The molecule has 0 unspecified atom stereocenters. The van der Waals surface area contributed by atoms with Gasteiger partial charge in [-0.25, -0.2) is 4.79 Å². The Bertz CT molecular complexity index is 701. The number of ether oxygens (including phenoxy) is 3. The quantitative estimate of drug-likeness (QED) is 0.753. The minimum atomic E-state index is -0.436. The van der Waals surface area contributed by atoms with Crippen molar-refractivity contribution in [2.75, 3.05) is 25.2 Å². The average Bonchev–Trinajstić information content (AvgIpc) is 2.65. The van der Waals surface area contributed by atoms with Crippen LogP contribution < -0.4 is 9.64 Å². The highest BCUT2D eigenvalue weighted by Gasteiger charge is 2.34. The zero-order valence-corrected chi connectivity index (χ0v) is 16.6. The molecule has 6 nitrogen and oxygen atoms in total. The number of fused-ring (bicyclic) bond motifs is 1. The van der Waals surface area contributed by atoms with Gasteiger partial charge in [-0.3, -0.25) is 4.79 Å². The van der Waals surface area contributed by atoms with E-state index >= 15 is 0 Å². The monoisotopic (exact) mass is 375 g/mol. The van der Waals surface area contributed by atoms with Crippen LogP contribution in [0.4, 0.5) is 5.69 Å². The topological polar surface area (TPSA) is 65.1 Å². The summed E-state index contributed by atoms with van der Waals surface area (Å²) in [6, 6.07) is 5.83. The van der Waals surface area contributed by atoms with E-state index in [1.54, 1.807) is 12.1 Å². The van der Waals surface area contributed by atoms with Crippen LogP contribution in [0.15, 0.2) is 18.2 Å². The Morgan fingerprint density at radius 3 is 2.48 bits per heavy atom. The third kappa shape index (κ3) is 4.54. The van der Waals surface area contributed by atoms with Crippen molar-refractivity contribution in [2.24, 2.45) is 5.92 Å². The van der Waals surface area contributed by atoms with Crippen molar-refractivity contribution in [3.05, 3.63) is 23.8 Å². The van der Waals surface area contributed by atoms with E-state index in [0.717, 1.165) is 43.7 Å². The van der Waals surface area contributed by atoms with E-state index in [4.69, 9.17) is 14.2 Å². The van der Waals surface area contributed by atoms with E-state index in [2.05, 4.69) is 4.90 Å². The van der Waals surface area contributed by atoms with Gasteiger partial charge in [0.1, 0.15) is 18.0 Å². The molecule has 1 aromatic rings. The molecule has 27 heavy (non-hydrogen) atoms. The number of anilines is 1. The van der Waals surface area contributed by atoms with E-state index < -0.39 is 5.60 Å². The molecule has 6 heteroatoms. The molecule has 1 aliphatic heterocycles. The minimum Gasteiger partial charge on any atom is -0.490 e. The van der Waals surface area contributed by atoms with Crippen molar-refractivity contribution in [1.82, 2.24) is 0 Å². The van der Waals surface area contributed by atoms with Gasteiger partial charge >= 0.3 is 11.9 Å². The Morgan fingerprint density at radius 1 is 1.15 bits per heavy atom. The van der Waals surface area contributed by atoms with Crippen LogP contribution in [0.2, 0.25) is 0 Å². The summed E-state index contributed by atoms with van der Waals surface area (Å²) in [5.41, 5.74) is 1.07. The number of carbonyl (C=O) groups is 2. The number of rotatable bonds is 3. The van der Waals surface area contributed by atoms with Gasteiger partial charge in [-0.15, -0.1) is 0 Å². The highest BCUT2D eigenvalue weighted by Crippen LogP contribution is 2.38. The molecular weight excluding hydrogens is 346 g/mol. The Labute approximate surface area is 160 Å². The smallest absolute Gasteiger partial charge is 0.337 e. The fraction of sp³-hybridized carbons (Fsp3) is 0.619. The number of carbonyl (C=O) groups excluding carboxylic acids is 2. The van der Waals surface area contributed by atoms with Crippen molar-refractivity contribution in [3.63, 3.8) is 0 Å². The largest absolute Gasteiger partial charge is 0.490 e. The first-order valence-corrected chi connectivity index (χ1v) is 9.63. The van der Waals surface area contributed by atoms with Crippen molar-refractivity contribution < 1.29 is 23.8 Å². The SMILES string of the molecule is COC(=O)c1ccc2c(c1)OCCN2C1CCC(C(=O)OC(C)(C)C)CC1. The molecule has 148 valence electrons. The molecule has 0 radical (unpaired) electrons. The van der Waals surface area contributed by atoms with Crippen molar-refractivity contribution in [1.29, 1.82) is 0 Å². The fourth-order valence-electron chi connectivity index (χ4n) is 3.87. The Kier molecular flexibility index (Phi) is 5.63. The summed E-state index contributed by atoms with van der Waals surface area (Å²) in [5, 5.41) is 0. The van der Waals surface area contributed by atoms with Gasteiger partial charge in [0.15, 0.2) is 0 Å². The van der Waals surface area contributed by atoms with Gasteiger partial charge in [0, 0.05) is 6.04 Å². The van der Waals surface area contributed by atoms with Gasteiger partial charge in [0.25, 0.3) is 0 Å². The summed E-state index contributed by atoms with van der Waals surface area (Å²) in [6.45, 7) is 7.12. The van der Waals surface area contributed by atoms with Crippen LogP contribution in [0.25, 0.3) is 0 Å². The highest BCUT2D eigenvalue weighted by molar-refractivity contribution is 5.90. The molecule has 1 aliphatic carbocycles. The number of hydrogen-bond acceptors (Lipinski definition) is 6. The van der Waals surface area contributed by atoms with Gasteiger partial charge in [0.2, 0.25) is 0 Å². The van der Waals surface area contributed by atoms with Crippen LogP contribution >= 0.6 is 0 Å². The summed E-state index contributed by atoms with van der Waals surface area (Å²) in [6.07, 6.45) is 3.57. The second-order valence-electron chi connectivity index (χ2n) is 8.25. The van der Waals surface area contributed by atoms with Gasteiger partial charge in [0.05, 0.1) is 30.8 Å². The van der Waals surface area contributed by atoms with E-state index in [0.29, 0.717) is 18.2 Å². The zero-order chi connectivity index (χ0) is 19.6. The van der Waals surface area contributed by atoms with Gasteiger partial charge < -0.3 is 19.1 Å². The van der Waals surface area contributed by atoms with Crippen molar-refractivity contribution in [3.8, 4) is 5.75 Å². The molecule has 0 amide bonds. The average molecular weight is 375 g/mol. The molecule has 1 fully saturated rings. The lowest BCUT2D eigenvalue weighted by Gasteiger charge is -2.41. The van der Waals surface area contributed by atoms with Crippen LogP contribution in [0.5, 0.6) is 5.75 Å². The number of nitrogens with zero attached hydrogens (tertiary/aromatic N) is 1. The lowest BCUT2D eigenvalue weighted by atomic mass is 9.85. The summed E-state index contributed by atoms with van der Waals surface area (Å²) in [7, 11) is 1.37. The second-order valence-corrected chi connectivity index (χ2v) is 8.25. The first-order valence-electron chi connectivity index (χ1n) is 9.63. The number of esters is 2. The van der Waals surface area contributed by atoms with E-state index in [1.165, 1.54) is 7.11 Å². The molecule has 1 heterocycles. The number of methoxy groups -OCH3 is 1. The Hall–Kier alpha value is -2.24. The van der Waals surface area contributed by atoms with Crippen LogP contribution in [-0.4, -0.2) is 43.8 Å². The van der Waals surface area contributed by atoms with Gasteiger partial charge in [-0.05, 0) is 64.7 Å². The maximum atomic E-state index is 12.3. The molecule has 1 saturated carbocycles. The van der Waals surface area contributed by atoms with E-state index in [1.807, 2.05) is 26.8 Å². The molecule has 0 N–H and O–H groups in total. The van der Waals surface area contributed by atoms with Crippen LogP contribution in [0.1, 0.15) is 56.8 Å². The highest BCUT2D eigenvalue weighted by atomic mass is 16.6. The zero-order valence-electron chi connectivity index (χ0n) is 16.6. The van der Waals surface area contributed by atoms with Crippen molar-refractivity contribution in [2.45, 2.75) is 58.1 Å². The third-order valence-corrected chi connectivity index (χ3v) is 5.16. The fourth-order valence-corrected chi connectivity index (χ4v) is 3.87. The van der Waals surface area contributed by atoms with Crippen LogP contribution in [0.3, 0.4) is 0 Å². The van der Waals surface area contributed by atoms with Gasteiger partial charge in [-0.1, -0.05) is 0 Å². The summed E-state index contributed by atoms with van der Waals surface area (Å²) < 4.78 is 16.1. The van der Waals surface area contributed by atoms with E-state index in [-0.39, 0.29) is 17.9 Å². The first-order chi connectivity index (χ1) is 12.8. The third-order valence-electron chi connectivity index (χ3n) is 5.16. The van der Waals surface area contributed by atoms with Crippen LogP contribution in [-0.2, 0) is 14.3 Å². The summed E-state index contributed by atoms with van der Waals surface area (Å²) in [4.78, 5) is 26.4. The maximum Gasteiger partial charge on any atom is 0.337 e. The number of hydrogen-bond donors (Lipinski definition) is 0. The second kappa shape index (κ2) is 7.79. The standard InChI is InChI=1S/C21H29NO5/c1-21(2,3)27-20(24)14-5-8-16(9-6-14)22-11-12-26-18-13-15(19(23)25-4)7-10-17(18)22/h7,10,13-14,16H,5-6,8-9,11-12H2,1-4H3. The van der Waals surface area contributed by atoms with Crippen molar-refractivity contribution >= 4 is 17.6 Å². The normalized spacial score (nSPS) is 22.4. The first kappa shape index (κ1) is 19.5. The van der Waals surface area contributed by atoms with E-state index in [9.17, 15) is 9.59 Å². The molecule has 0 bridgehead atoms. The van der Waals surface area contributed by atoms with Gasteiger partial charge in [-0.2, -0.15) is 0 Å². The molecule has 1 aromatic carbocycles. The minimum absolute atomic E-state index is 0.0114. The number of benzene rings is 1. The molecule has 2 aliphatic rings. The lowest BCUT2D eigenvalue weighted by Crippen LogP contribution is -2.44.